The number of thiol groups is 1. The molecule has 2 aromatic rings. The van der Waals surface area contributed by atoms with Crippen LogP contribution in [0.2, 0.25) is 0 Å². The van der Waals surface area contributed by atoms with E-state index in [9.17, 15) is 0 Å². The Balaban J connectivity index is 2.75. The molecule has 14 heavy (non-hydrogen) atoms. The van der Waals surface area contributed by atoms with E-state index in [0.717, 1.165) is 19.5 Å². The molecule has 0 spiro atoms. The number of rotatable bonds is 1. The Labute approximate surface area is 99.3 Å². The molecule has 0 bridgehead atoms. The Morgan fingerprint density at radius 1 is 1.36 bits per heavy atom. The Kier molecular flexibility index (Phi) is 2.90. The molecule has 1 aromatic carbocycles. The van der Waals surface area contributed by atoms with Crippen molar-refractivity contribution < 1.29 is 10.0 Å². The quantitative estimate of drug-likeness (QED) is 0.551. The monoisotopic (exact) mass is 288 g/mol. The summed E-state index contributed by atoms with van der Waals surface area (Å²) in [6.45, 7) is 0. The van der Waals surface area contributed by atoms with Gasteiger partial charge in [-0.3, -0.25) is 0 Å². The van der Waals surface area contributed by atoms with E-state index in [0.29, 0.717) is 5.46 Å². The molecule has 2 nitrogen and oxygen atoms in total. The maximum absolute atomic E-state index is 9.05. The Morgan fingerprint density at radius 3 is 2.71 bits per heavy atom. The zero-order chi connectivity index (χ0) is 10.3. The lowest BCUT2D eigenvalue weighted by Crippen LogP contribution is -2.29. The van der Waals surface area contributed by atoms with Crippen LogP contribution in [0.5, 0.6) is 0 Å². The second kappa shape index (κ2) is 3.86. The standard InChI is InChI=1S/C8H6BBrO2S2/c10-6-3-14-8-5(6)1-4(9(11)12)2-7(8)13/h1-3,11-13H. The highest BCUT2D eigenvalue weighted by Gasteiger charge is 2.14. The molecule has 2 N–H and O–H groups in total. The number of fused-ring (bicyclic) bond motifs is 1. The summed E-state index contributed by atoms with van der Waals surface area (Å²) >= 11 is 9.27. The predicted octanol–water partition coefficient (Wildman–Crippen LogP) is 1.63. The van der Waals surface area contributed by atoms with Gasteiger partial charge in [0.05, 0.1) is 0 Å². The molecule has 0 fully saturated rings. The first-order valence-electron chi connectivity index (χ1n) is 3.85. The average molecular weight is 289 g/mol. The van der Waals surface area contributed by atoms with E-state index in [4.69, 9.17) is 10.0 Å². The van der Waals surface area contributed by atoms with Crippen LogP contribution in [-0.2, 0) is 0 Å². The van der Waals surface area contributed by atoms with Crippen molar-refractivity contribution in [2.75, 3.05) is 0 Å². The first kappa shape index (κ1) is 10.5. The van der Waals surface area contributed by atoms with Gasteiger partial charge in [0, 0.05) is 24.8 Å². The van der Waals surface area contributed by atoms with E-state index in [1.54, 1.807) is 23.5 Å². The van der Waals surface area contributed by atoms with E-state index in [1.807, 2.05) is 5.38 Å². The summed E-state index contributed by atoms with van der Waals surface area (Å²) in [6.07, 6.45) is 0. The van der Waals surface area contributed by atoms with Crippen molar-refractivity contribution in [3.05, 3.63) is 22.0 Å². The van der Waals surface area contributed by atoms with Crippen LogP contribution in [0.1, 0.15) is 0 Å². The lowest BCUT2D eigenvalue weighted by Gasteiger charge is -2.02. The summed E-state index contributed by atoms with van der Waals surface area (Å²) in [7, 11) is -1.45. The summed E-state index contributed by atoms with van der Waals surface area (Å²) in [5, 5.41) is 21.0. The second-order valence-electron chi connectivity index (χ2n) is 2.87. The van der Waals surface area contributed by atoms with Crippen LogP contribution in [-0.4, -0.2) is 17.2 Å². The molecule has 1 aromatic heterocycles. The molecule has 0 amide bonds. The van der Waals surface area contributed by atoms with E-state index in [-0.39, 0.29) is 0 Å². The van der Waals surface area contributed by atoms with E-state index in [2.05, 4.69) is 28.6 Å². The van der Waals surface area contributed by atoms with Crippen molar-refractivity contribution in [1.82, 2.24) is 0 Å². The van der Waals surface area contributed by atoms with Crippen LogP contribution < -0.4 is 5.46 Å². The molecule has 0 atom stereocenters. The van der Waals surface area contributed by atoms with Gasteiger partial charge in [0.15, 0.2) is 0 Å². The third-order valence-electron chi connectivity index (χ3n) is 1.93. The van der Waals surface area contributed by atoms with Crippen molar-refractivity contribution in [3.8, 4) is 0 Å². The second-order valence-corrected chi connectivity index (χ2v) is 5.09. The fourth-order valence-corrected chi connectivity index (χ4v) is 3.24. The molecule has 0 aliphatic rings. The predicted molar refractivity (Wildman–Crippen MR) is 66.6 cm³/mol. The zero-order valence-corrected chi connectivity index (χ0v) is 10.2. The summed E-state index contributed by atoms with van der Waals surface area (Å²) in [4.78, 5) is 0.765. The zero-order valence-electron chi connectivity index (χ0n) is 6.94. The SMILES string of the molecule is OB(O)c1cc(S)c2scc(Br)c2c1. The van der Waals surface area contributed by atoms with Gasteiger partial charge in [0.2, 0.25) is 0 Å². The average Bonchev–Trinajstić information content (AvgIpc) is 2.48. The molecule has 1 heterocycles. The lowest BCUT2D eigenvalue weighted by atomic mass is 9.80. The highest BCUT2D eigenvalue weighted by Crippen LogP contribution is 2.33. The van der Waals surface area contributed by atoms with Crippen LogP contribution in [0.15, 0.2) is 26.9 Å². The number of hydrogen-bond donors (Lipinski definition) is 3. The number of hydrogen-bond acceptors (Lipinski definition) is 4. The minimum absolute atomic E-state index is 0.460. The molecule has 0 saturated carbocycles. The van der Waals surface area contributed by atoms with Crippen LogP contribution in [0.3, 0.4) is 0 Å². The fraction of sp³-hybridized carbons (Fsp3) is 0. The highest BCUT2D eigenvalue weighted by molar-refractivity contribution is 9.10. The van der Waals surface area contributed by atoms with Crippen molar-refractivity contribution in [1.29, 1.82) is 0 Å². The molecular formula is C8H6BBrO2S2. The molecule has 0 radical (unpaired) electrons. The molecular weight excluding hydrogens is 283 g/mol. The van der Waals surface area contributed by atoms with Gasteiger partial charge in [-0.15, -0.1) is 24.0 Å². The number of halogens is 1. The molecule has 0 aliphatic heterocycles. The highest BCUT2D eigenvalue weighted by atomic mass is 79.9. The van der Waals surface area contributed by atoms with Crippen molar-refractivity contribution in [2.45, 2.75) is 4.90 Å². The van der Waals surface area contributed by atoms with E-state index < -0.39 is 7.12 Å². The first-order chi connectivity index (χ1) is 6.59. The molecule has 0 aliphatic carbocycles. The largest absolute Gasteiger partial charge is 0.488 e. The van der Waals surface area contributed by atoms with Gasteiger partial charge in [-0.2, -0.15) is 0 Å². The normalized spacial score (nSPS) is 10.9. The van der Waals surface area contributed by atoms with Gasteiger partial charge in [-0.05, 0) is 27.5 Å². The lowest BCUT2D eigenvalue weighted by molar-refractivity contribution is 0.426. The van der Waals surface area contributed by atoms with Gasteiger partial charge in [-0.1, -0.05) is 6.07 Å². The Hall–Kier alpha value is -0.00506. The fourth-order valence-electron chi connectivity index (χ4n) is 1.26. The minimum Gasteiger partial charge on any atom is -0.423 e. The maximum atomic E-state index is 9.05. The molecule has 6 heteroatoms. The Morgan fingerprint density at radius 2 is 2.07 bits per heavy atom. The van der Waals surface area contributed by atoms with E-state index in [1.165, 1.54) is 0 Å². The van der Waals surface area contributed by atoms with Gasteiger partial charge < -0.3 is 10.0 Å². The van der Waals surface area contributed by atoms with Gasteiger partial charge in [0.1, 0.15) is 0 Å². The van der Waals surface area contributed by atoms with Gasteiger partial charge in [0.25, 0.3) is 0 Å². The smallest absolute Gasteiger partial charge is 0.423 e. The molecule has 0 saturated heterocycles. The number of thiophene rings is 1. The van der Waals surface area contributed by atoms with Crippen molar-refractivity contribution in [3.63, 3.8) is 0 Å². The summed E-state index contributed by atoms with van der Waals surface area (Å²) in [5.74, 6) is 0. The molecule has 72 valence electrons. The van der Waals surface area contributed by atoms with Crippen LogP contribution >= 0.6 is 39.9 Å². The van der Waals surface area contributed by atoms with Crippen LogP contribution in [0, 0.1) is 0 Å². The van der Waals surface area contributed by atoms with Crippen LogP contribution in [0.4, 0.5) is 0 Å². The first-order valence-corrected chi connectivity index (χ1v) is 5.97. The van der Waals surface area contributed by atoms with E-state index >= 15 is 0 Å². The summed E-state index contributed by atoms with van der Waals surface area (Å²) in [6, 6.07) is 3.42. The van der Waals surface area contributed by atoms with Gasteiger partial charge in [-0.25, -0.2) is 0 Å². The van der Waals surface area contributed by atoms with Gasteiger partial charge >= 0.3 is 7.12 Å². The van der Waals surface area contributed by atoms with Crippen molar-refractivity contribution in [2.24, 2.45) is 0 Å². The summed E-state index contributed by atoms with van der Waals surface area (Å²) in [5.41, 5.74) is 0.460. The minimum atomic E-state index is -1.45. The molecule has 0 unspecified atom stereocenters. The molecule has 2 rings (SSSR count). The Bertz CT molecular complexity index is 483. The number of benzene rings is 1. The topological polar surface area (TPSA) is 40.5 Å². The van der Waals surface area contributed by atoms with Crippen molar-refractivity contribution >= 4 is 62.6 Å². The maximum Gasteiger partial charge on any atom is 0.488 e. The summed E-state index contributed by atoms with van der Waals surface area (Å²) < 4.78 is 2.00. The third-order valence-corrected chi connectivity index (χ3v) is 4.42. The third kappa shape index (κ3) is 1.72. The van der Waals surface area contributed by atoms with Crippen LogP contribution in [0.25, 0.3) is 10.1 Å².